The minimum absolute atomic E-state index is 0.613. The minimum Gasteiger partial charge on any atom is -0.452 e. The monoisotopic (exact) mass is 716 g/mol. The Morgan fingerprint density at radius 1 is 0.393 bits per heavy atom. The molecule has 4 aromatic heterocycles. The van der Waals surface area contributed by atoms with E-state index in [9.17, 15) is 0 Å². The van der Waals surface area contributed by atoms with E-state index in [1.54, 1.807) is 0 Å². The normalized spacial score (nSPS) is 11.6. The van der Waals surface area contributed by atoms with E-state index >= 15 is 0 Å². The van der Waals surface area contributed by atoms with Crippen molar-refractivity contribution in [1.29, 1.82) is 0 Å². The number of fused-ring (bicyclic) bond motifs is 6. The molecule has 0 atom stereocenters. The number of nitrogens with zero attached hydrogens (tertiary/aromatic N) is 4. The molecule has 0 aliphatic heterocycles. The molecular formula is C51H32N4O. The van der Waals surface area contributed by atoms with E-state index in [2.05, 4.69) is 150 Å². The molecule has 11 rings (SSSR count). The quantitative estimate of drug-likeness (QED) is 0.172. The average Bonchev–Trinajstić information content (AvgIpc) is 3.82. The summed E-state index contributed by atoms with van der Waals surface area (Å²) in [7, 11) is 0. The SMILES string of the molecule is c1ccc(-c2cc(-c3ccc(-n4c5ccccc5c5ccccc54)c(-c4nc(-c5ccccc5)c5oc6ccccc6c5n4)c3)cc(-c3ccccc3)n2)cc1. The Bertz CT molecular complexity index is 3130. The Morgan fingerprint density at radius 3 is 1.55 bits per heavy atom. The molecule has 5 nitrogen and oxygen atoms in total. The lowest BCUT2D eigenvalue weighted by Gasteiger charge is -2.17. The van der Waals surface area contributed by atoms with Crippen molar-refractivity contribution in [2.75, 3.05) is 0 Å². The fourth-order valence-corrected chi connectivity index (χ4v) is 7.99. The zero-order valence-corrected chi connectivity index (χ0v) is 30.2. The molecular weight excluding hydrogens is 685 g/mol. The summed E-state index contributed by atoms with van der Waals surface area (Å²) in [6, 6.07) is 67.3. The topological polar surface area (TPSA) is 56.7 Å². The first-order valence-corrected chi connectivity index (χ1v) is 18.8. The van der Waals surface area contributed by atoms with Gasteiger partial charge in [0.25, 0.3) is 0 Å². The summed E-state index contributed by atoms with van der Waals surface area (Å²) in [6.45, 7) is 0. The summed E-state index contributed by atoms with van der Waals surface area (Å²) in [6.07, 6.45) is 0. The predicted molar refractivity (Wildman–Crippen MR) is 229 cm³/mol. The Balaban J connectivity index is 1.23. The third-order valence-electron chi connectivity index (χ3n) is 10.6. The molecule has 0 saturated heterocycles. The molecule has 0 radical (unpaired) electrons. The molecule has 0 bridgehead atoms. The molecule has 4 heterocycles. The number of furan rings is 1. The van der Waals surface area contributed by atoms with Crippen LogP contribution >= 0.6 is 0 Å². The van der Waals surface area contributed by atoms with Crippen molar-refractivity contribution in [2.45, 2.75) is 0 Å². The highest BCUT2D eigenvalue weighted by Gasteiger charge is 2.22. The van der Waals surface area contributed by atoms with Gasteiger partial charge in [-0.1, -0.05) is 146 Å². The van der Waals surface area contributed by atoms with Crippen LogP contribution in [0.15, 0.2) is 199 Å². The predicted octanol–water partition coefficient (Wildman–Crippen LogP) is 13.2. The van der Waals surface area contributed by atoms with E-state index in [4.69, 9.17) is 19.4 Å². The smallest absolute Gasteiger partial charge is 0.180 e. The van der Waals surface area contributed by atoms with Gasteiger partial charge in [-0.05, 0) is 59.7 Å². The van der Waals surface area contributed by atoms with Crippen molar-refractivity contribution >= 4 is 43.9 Å². The van der Waals surface area contributed by atoms with E-state index in [1.807, 2.05) is 48.5 Å². The molecule has 0 unspecified atom stereocenters. The summed E-state index contributed by atoms with van der Waals surface area (Å²) >= 11 is 0. The van der Waals surface area contributed by atoms with Gasteiger partial charge < -0.3 is 8.98 Å². The number of benzene rings is 7. The zero-order chi connectivity index (χ0) is 37.0. The van der Waals surface area contributed by atoms with Crippen molar-refractivity contribution in [2.24, 2.45) is 0 Å². The van der Waals surface area contributed by atoms with E-state index in [1.165, 1.54) is 10.8 Å². The first-order chi connectivity index (χ1) is 27.8. The number of hydrogen-bond acceptors (Lipinski definition) is 4. The number of rotatable bonds is 6. The Hall–Kier alpha value is -7.63. The van der Waals surface area contributed by atoms with Crippen molar-refractivity contribution in [1.82, 2.24) is 19.5 Å². The van der Waals surface area contributed by atoms with Crippen molar-refractivity contribution in [3.05, 3.63) is 194 Å². The molecule has 5 heteroatoms. The second-order valence-corrected chi connectivity index (χ2v) is 14.0. The first kappa shape index (κ1) is 31.9. The molecule has 0 spiro atoms. The molecule has 0 aliphatic rings. The van der Waals surface area contributed by atoms with E-state index < -0.39 is 0 Å². The van der Waals surface area contributed by atoms with E-state index in [-0.39, 0.29) is 0 Å². The van der Waals surface area contributed by atoms with Crippen molar-refractivity contribution in [3.63, 3.8) is 0 Å². The molecule has 56 heavy (non-hydrogen) atoms. The fourth-order valence-electron chi connectivity index (χ4n) is 7.99. The van der Waals surface area contributed by atoms with Crippen molar-refractivity contribution in [3.8, 4) is 62.0 Å². The highest BCUT2D eigenvalue weighted by molar-refractivity contribution is 6.10. The van der Waals surface area contributed by atoms with Crippen LogP contribution in [0.5, 0.6) is 0 Å². The second kappa shape index (κ2) is 13.0. The lowest BCUT2D eigenvalue weighted by atomic mass is 9.97. The standard InChI is InChI=1S/C51H32N4O/c1-4-16-33(17-5-1)42-31-37(32-43(52-42)34-18-6-2-7-19-34)36-28-29-46(55-44-25-13-10-22-38(44)39-23-11-14-26-45(39)55)41(30-36)51-53-48(35-20-8-3-9-21-35)50-49(54-51)40-24-12-15-27-47(40)56-50/h1-32H. The summed E-state index contributed by atoms with van der Waals surface area (Å²) in [5.74, 6) is 0.613. The van der Waals surface area contributed by atoms with Crippen molar-refractivity contribution < 1.29 is 4.42 Å². The van der Waals surface area contributed by atoms with Crippen LogP contribution in [0.25, 0.3) is 106 Å². The minimum atomic E-state index is 0.613. The summed E-state index contributed by atoms with van der Waals surface area (Å²) in [5.41, 5.74) is 14.1. The van der Waals surface area contributed by atoms with Gasteiger partial charge >= 0.3 is 0 Å². The second-order valence-electron chi connectivity index (χ2n) is 14.0. The van der Waals surface area contributed by atoms with Crippen LogP contribution in [-0.4, -0.2) is 19.5 Å². The Labute approximate surface area is 322 Å². The van der Waals surface area contributed by atoms with Crippen LogP contribution < -0.4 is 0 Å². The lowest BCUT2D eigenvalue weighted by molar-refractivity contribution is 0.667. The molecule has 11 aromatic rings. The maximum atomic E-state index is 6.51. The Kier molecular flexibility index (Phi) is 7.42. The van der Waals surface area contributed by atoms with Crippen LogP contribution in [0.2, 0.25) is 0 Å². The van der Waals surface area contributed by atoms with Gasteiger partial charge in [0.1, 0.15) is 16.8 Å². The molecule has 0 fully saturated rings. The first-order valence-electron chi connectivity index (χ1n) is 18.8. The van der Waals surface area contributed by atoms with Crippen LogP contribution in [0.3, 0.4) is 0 Å². The van der Waals surface area contributed by atoms with Gasteiger partial charge in [-0.15, -0.1) is 0 Å². The largest absolute Gasteiger partial charge is 0.452 e. The van der Waals surface area contributed by atoms with Gasteiger partial charge in [-0.3, -0.25) is 0 Å². The van der Waals surface area contributed by atoms with Gasteiger partial charge in [0, 0.05) is 38.4 Å². The maximum absolute atomic E-state index is 6.51. The zero-order valence-electron chi connectivity index (χ0n) is 30.2. The summed E-state index contributed by atoms with van der Waals surface area (Å²) in [5, 5.41) is 3.33. The highest BCUT2D eigenvalue weighted by Crippen LogP contribution is 2.41. The fraction of sp³-hybridized carbons (Fsp3) is 0. The number of aromatic nitrogens is 4. The third-order valence-corrected chi connectivity index (χ3v) is 10.6. The third kappa shape index (κ3) is 5.29. The maximum Gasteiger partial charge on any atom is 0.180 e. The molecule has 262 valence electrons. The number of hydrogen-bond donors (Lipinski definition) is 0. The van der Waals surface area contributed by atoms with Crippen LogP contribution in [0.1, 0.15) is 0 Å². The highest BCUT2D eigenvalue weighted by atomic mass is 16.3. The molecule has 7 aromatic carbocycles. The van der Waals surface area contributed by atoms with Gasteiger partial charge in [0.05, 0.1) is 28.1 Å². The van der Waals surface area contributed by atoms with Gasteiger partial charge in [-0.2, -0.15) is 0 Å². The van der Waals surface area contributed by atoms with E-state index in [0.29, 0.717) is 11.4 Å². The average molecular weight is 717 g/mol. The Morgan fingerprint density at radius 2 is 0.929 bits per heavy atom. The van der Waals surface area contributed by atoms with E-state index in [0.717, 1.165) is 83.7 Å². The summed E-state index contributed by atoms with van der Waals surface area (Å²) < 4.78 is 8.86. The van der Waals surface area contributed by atoms with Crippen LogP contribution in [0, 0.1) is 0 Å². The van der Waals surface area contributed by atoms with Gasteiger partial charge in [0.2, 0.25) is 0 Å². The molecule has 0 amide bonds. The van der Waals surface area contributed by atoms with Crippen LogP contribution in [-0.2, 0) is 0 Å². The molecule has 0 aliphatic carbocycles. The lowest BCUT2D eigenvalue weighted by Crippen LogP contribution is -2.01. The van der Waals surface area contributed by atoms with Gasteiger partial charge in [-0.25, -0.2) is 15.0 Å². The molecule has 0 N–H and O–H groups in total. The van der Waals surface area contributed by atoms with Gasteiger partial charge in [0.15, 0.2) is 11.4 Å². The van der Waals surface area contributed by atoms with Crippen LogP contribution in [0.4, 0.5) is 0 Å². The number of pyridine rings is 1. The summed E-state index contributed by atoms with van der Waals surface area (Å²) in [4.78, 5) is 16.0. The molecule has 0 saturated carbocycles. The number of para-hydroxylation sites is 3.